The van der Waals surface area contributed by atoms with Crippen LogP contribution in [-0.2, 0) is 19.5 Å². The quantitative estimate of drug-likeness (QED) is 0.412. The maximum atomic E-state index is 8.95. The van der Waals surface area contributed by atoms with Crippen LogP contribution in [0.3, 0.4) is 0 Å². The topological polar surface area (TPSA) is 106 Å². The molecule has 31 heavy (non-hydrogen) atoms. The first-order valence-electron chi connectivity index (χ1n) is 10.9. The zero-order chi connectivity index (χ0) is 22.2. The lowest BCUT2D eigenvalue weighted by atomic mass is 10.1. The number of fused-ring (bicyclic) bond motifs is 1. The van der Waals surface area contributed by atoms with Crippen molar-refractivity contribution >= 4 is 5.96 Å². The lowest BCUT2D eigenvalue weighted by molar-refractivity contribution is 0.196. The normalized spacial score (nSPS) is 16.2. The van der Waals surface area contributed by atoms with Gasteiger partial charge in [-0.1, -0.05) is 19.9 Å². The summed E-state index contributed by atoms with van der Waals surface area (Å²) < 4.78 is 12.9. The molecule has 0 saturated heterocycles. The fraction of sp³-hybridized carbons (Fsp3) is 0.591. The van der Waals surface area contributed by atoms with E-state index in [1.165, 1.54) is 0 Å². The van der Waals surface area contributed by atoms with E-state index in [1.807, 2.05) is 22.9 Å². The van der Waals surface area contributed by atoms with Gasteiger partial charge in [0.15, 0.2) is 23.3 Å². The summed E-state index contributed by atoms with van der Waals surface area (Å²) in [5.74, 6) is 4.34. The molecule has 0 spiro atoms. The number of aliphatic hydroxyl groups excluding tert-OH is 1. The Labute approximate surface area is 183 Å². The molecule has 0 saturated carbocycles. The van der Waals surface area contributed by atoms with E-state index in [4.69, 9.17) is 19.6 Å². The van der Waals surface area contributed by atoms with Crippen LogP contribution >= 0.6 is 0 Å². The Balaban J connectivity index is 1.65. The Kier molecular flexibility index (Phi) is 8.11. The molecule has 1 aromatic heterocycles. The number of nitrogens with one attached hydrogen (secondary N) is 2. The molecule has 0 amide bonds. The van der Waals surface area contributed by atoms with E-state index in [9.17, 15) is 0 Å². The number of hydrogen-bond acceptors (Lipinski definition) is 6. The van der Waals surface area contributed by atoms with Crippen LogP contribution in [0.15, 0.2) is 23.2 Å². The number of aliphatic hydroxyl groups is 1. The van der Waals surface area contributed by atoms with Gasteiger partial charge in [0.25, 0.3) is 0 Å². The minimum absolute atomic E-state index is 0.0387. The molecule has 1 aliphatic heterocycles. The lowest BCUT2D eigenvalue weighted by Gasteiger charge is -2.25. The number of ether oxygens (including phenoxy) is 2. The maximum absolute atomic E-state index is 8.95. The summed E-state index contributed by atoms with van der Waals surface area (Å²) in [6.45, 7) is 8.55. The van der Waals surface area contributed by atoms with E-state index >= 15 is 0 Å². The average molecular weight is 431 g/mol. The highest BCUT2D eigenvalue weighted by Gasteiger charge is 2.23. The molecule has 170 valence electrons. The van der Waals surface area contributed by atoms with Crippen molar-refractivity contribution in [1.82, 2.24) is 25.4 Å². The number of aliphatic imine (C=N–C) groups is 1. The van der Waals surface area contributed by atoms with Crippen molar-refractivity contribution in [3.8, 4) is 11.5 Å². The van der Waals surface area contributed by atoms with Gasteiger partial charge in [-0.3, -0.25) is 0 Å². The third-order valence-electron chi connectivity index (χ3n) is 5.07. The van der Waals surface area contributed by atoms with Crippen molar-refractivity contribution in [3.63, 3.8) is 0 Å². The molecule has 2 heterocycles. The number of nitrogens with zero attached hydrogens (tertiary/aromatic N) is 4. The molecular weight excluding hydrogens is 396 g/mol. The number of methoxy groups -OCH3 is 1. The van der Waals surface area contributed by atoms with E-state index in [-0.39, 0.29) is 19.3 Å². The number of rotatable bonds is 9. The predicted octanol–water partition coefficient (Wildman–Crippen LogP) is 1.85. The van der Waals surface area contributed by atoms with Gasteiger partial charge in [-0.05, 0) is 31.0 Å². The van der Waals surface area contributed by atoms with Crippen LogP contribution in [0, 0.1) is 0 Å². The molecular formula is C22H34N6O3. The van der Waals surface area contributed by atoms with Gasteiger partial charge in [-0.25, -0.2) is 14.7 Å². The zero-order valence-electron chi connectivity index (χ0n) is 18.9. The molecule has 3 rings (SSSR count). The van der Waals surface area contributed by atoms with Gasteiger partial charge in [-0.15, -0.1) is 0 Å². The monoisotopic (exact) mass is 430 g/mol. The van der Waals surface area contributed by atoms with E-state index in [0.717, 1.165) is 49.1 Å². The zero-order valence-corrected chi connectivity index (χ0v) is 18.9. The smallest absolute Gasteiger partial charge is 0.191 e. The Morgan fingerprint density at radius 3 is 2.90 bits per heavy atom. The second kappa shape index (κ2) is 11.0. The highest BCUT2D eigenvalue weighted by molar-refractivity contribution is 5.80. The van der Waals surface area contributed by atoms with Gasteiger partial charge >= 0.3 is 0 Å². The Hall–Kier alpha value is -2.81. The molecule has 1 unspecified atom stereocenters. The first kappa shape index (κ1) is 22.9. The van der Waals surface area contributed by atoms with Gasteiger partial charge < -0.3 is 25.2 Å². The van der Waals surface area contributed by atoms with Crippen LogP contribution in [0.5, 0.6) is 11.5 Å². The van der Waals surface area contributed by atoms with Crippen molar-refractivity contribution < 1.29 is 14.6 Å². The molecule has 1 atom stereocenters. The minimum atomic E-state index is -0.0387. The van der Waals surface area contributed by atoms with E-state index in [0.29, 0.717) is 24.0 Å². The molecule has 1 aliphatic rings. The second-order valence-electron chi connectivity index (χ2n) is 7.86. The van der Waals surface area contributed by atoms with Crippen molar-refractivity contribution in [3.05, 3.63) is 35.4 Å². The minimum Gasteiger partial charge on any atom is -0.493 e. The summed E-state index contributed by atoms with van der Waals surface area (Å²) in [4.78, 5) is 9.41. The Morgan fingerprint density at radius 1 is 1.35 bits per heavy atom. The van der Waals surface area contributed by atoms with Gasteiger partial charge in [0, 0.05) is 24.9 Å². The summed E-state index contributed by atoms with van der Waals surface area (Å²) in [5, 5.41) is 20.5. The predicted molar refractivity (Wildman–Crippen MR) is 120 cm³/mol. The summed E-state index contributed by atoms with van der Waals surface area (Å²) in [7, 11) is 1.60. The number of aryl methyl sites for hydroxylation is 1. The first-order chi connectivity index (χ1) is 15.0. The Morgan fingerprint density at radius 2 is 2.19 bits per heavy atom. The molecule has 1 aromatic carbocycles. The summed E-state index contributed by atoms with van der Waals surface area (Å²) >= 11 is 0. The van der Waals surface area contributed by atoms with Crippen LogP contribution < -0.4 is 20.1 Å². The third-order valence-corrected chi connectivity index (χ3v) is 5.07. The van der Waals surface area contributed by atoms with Crippen molar-refractivity contribution in [1.29, 1.82) is 0 Å². The lowest BCUT2D eigenvalue weighted by Crippen LogP contribution is -2.47. The molecule has 0 bridgehead atoms. The third kappa shape index (κ3) is 6.10. The highest BCUT2D eigenvalue weighted by atomic mass is 16.5. The fourth-order valence-electron chi connectivity index (χ4n) is 3.46. The van der Waals surface area contributed by atoms with Gasteiger partial charge in [0.05, 0.1) is 26.8 Å². The molecule has 0 fully saturated rings. The summed E-state index contributed by atoms with van der Waals surface area (Å²) in [5.41, 5.74) is 1.01. The molecule has 2 aromatic rings. The average Bonchev–Trinajstić information content (AvgIpc) is 3.20. The van der Waals surface area contributed by atoms with Gasteiger partial charge in [-0.2, -0.15) is 5.10 Å². The summed E-state index contributed by atoms with van der Waals surface area (Å²) in [6.07, 6.45) is 1.90. The van der Waals surface area contributed by atoms with Gasteiger partial charge in [0.2, 0.25) is 0 Å². The number of guanidine groups is 1. The highest BCUT2D eigenvalue weighted by Crippen LogP contribution is 2.28. The van der Waals surface area contributed by atoms with Crippen LogP contribution in [0.2, 0.25) is 0 Å². The standard InChI is InChI=1S/C22H34N6O3/c1-5-23-22(24-13-16-6-8-18(31-11-10-29)19(12-16)30-4)25-17-7-9-20-26-21(15(2)3)27-28(20)14-17/h6,8,12,15,17,29H,5,7,9-11,13-14H2,1-4H3,(H2,23,24,25). The summed E-state index contributed by atoms with van der Waals surface area (Å²) in [6, 6.07) is 5.96. The SMILES string of the molecule is CCNC(=NCc1ccc(OCCO)c(OC)c1)NC1CCc2nc(C(C)C)nn2C1. The number of hydrogen-bond donors (Lipinski definition) is 3. The molecule has 9 nitrogen and oxygen atoms in total. The van der Waals surface area contributed by atoms with Crippen LogP contribution in [0.4, 0.5) is 0 Å². The van der Waals surface area contributed by atoms with Crippen LogP contribution in [0.1, 0.15) is 50.3 Å². The van der Waals surface area contributed by atoms with Gasteiger partial charge in [0.1, 0.15) is 12.4 Å². The molecule has 0 aliphatic carbocycles. The number of aromatic nitrogens is 3. The fourth-order valence-corrected chi connectivity index (χ4v) is 3.46. The van der Waals surface area contributed by atoms with Crippen molar-refractivity contribution in [2.75, 3.05) is 26.9 Å². The maximum Gasteiger partial charge on any atom is 0.191 e. The molecule has 9 heteroatoms. The van der Waals surface area contributed by atoms with E-state index < -0.39 is 0 Å². The molecule has 0 radical (unpaired) electrons. The van der Waals surface area contributed by atoms with E-state index in [1.54, 1.807) is 7.11 Å². The van der Waals surface area contributed by atoms with Crippen molar-refractivity contribution in [2.45, 2.75) is 58.7 Å². The van der Waals surface area contributed by atoms with E-state index in [2.05, 4.69) is 41.5 Å². The van der Waals surface area contributed by atoms with Crippen LogP contribution in [0.25, 0.3) is 0 Å². The number of benzene rings is 1. The molecule has 3 N–H and O–H groups in total. The Bertz CT molecular complexity index is 880. The second-order valence-corrected chi connectivity index (χ2v) is 7.86. The van der Waals surface area contributed by atoms with Crippen molar-refractivity contribution in [2.24, 2.45) is 4.99 Å². The first-order valence-corrected chi connectivity index (χ1v) is 10.9. The van der Waals surface area contributed by atoms with Crippen LogP contribution in [-0.4, -0.2) is 58.7 Å². The largest absolute Gasteiger partial charge is 0.493 e.